The molecule has 0 saturated heterocycles. The Labute approximate surface area is 188 Å². The van der Waals surface area contributed by atoms with Gasteiger partial charge in [0.25, 0.3) is 5.91 Å². The molecule has 5 heterocycles. The van der Waals surface area contributed by atoms with Crippen molar-refractivity contribution < 1.29 is 18.0 Å². The Balaban J connectivity index is 1.41. The summed E-state index contributed by atoms with van der Waals surface area (Å²) in [5.74, 6) is -0.842. The second kappa shape index (κ2) is 8.13. The molecule has 0 fully saturated rings. The number of nitrogens with zero attached hydrogens (tertiary/aromatic N) is 5. The summed E-state index contributed by atoms with van der Waals surface area (Å²) in [7, 11) is 0. The summed E-state index contributed by atoms with van der Waals surface area (Å²) in [6, 6.07) is 5.28. The summed E-state index contributed by atoms with van der Waals surface area (Å²) in [6.45, 7) is 0. The predicted octanol–water partition coefficient (Wildman–Crippen LogP) is 4.28. The van der Waals surface area contributed by atoms with Gasteiger partial charge in [-0.1, -0.05) is 6.07 Å². The molecule has 0 radical (unpaired) electrons. The number of alkyl halides is 3. The van der Waals surface area contributed by atoms with Gasteiger partial charge in [-0.3, -0.25) is 14.9 Å². The van der Waals surface area contributed by atoms with Crippen molar-refractivity contribution in [2.45, 2.75) is 12.2 Å². The predicted molar refractivity (Wildman–Crippen MR) is 114 cm³/mol. The van der Waals surface area contributed by atoms with Crippen LogP contribution in [0.2, 0.25) is 0 Å². The van der Waals surface area contributed by atoms with Gasteiger partial charge in [-0.15, -0.1) is 11.3 Å². The fourth-order valence-electron chi connectivity index (χ4n) is 3.30. The zero-order valence-electron chi connectivity index (χ0n) is 16.6. The number of rotatable bonds is 5. The standard InChI is InChI=1S/C21H14F3N7OS/c22-21(23,24)18(16-3-1-2-5-25-16)29-20(32)17-7-12(11-33-17)14-9-28-31-10-13(8-26-19(14)31)15-4-6-27-30-15/h1-11,18H,(H,27,30)(H,29,32). The highest BCUT2D eigenvalue weighted by atomic mass is 32.1. The lowest BCUT2D eigenvalue weighted by Crippen LogP contribution is -2.38. The number of hydrogen-bond donors (Lipinski definition) is 2. The van der Waals surface area contributed by atoms with Gasteiger partial charge < -0.3 is 5.32 Å². The van der Waals surface area contributed by atoms with Crippen molar-refractivity contribution in [2.75, 3.05) is 0 Å². The molecule has 0 aliphatic heterocycles. The van der Waals surface area contributed by atoms with Crippen molar-refractivity contribution in [3.63, 3.8) is 0 Å². The molecule has 0 bridgehead atoms. The fraction of sp³-hybridized carbons (Fsp3) is 0.0952. The zero-order chi connectivity index (χ0) is 23.0. The summed E-state index contributed by atoms with van der Waals surface area (Å²) in [4.78, 5) is 20.9. The molecule has 166 valence electrons. The quantitative estimate of drug-likeness (QED) is 0.400. The number of aromatic nitrogens is 6. The zero-order valence-corrected chi connectivity index (χ0v) is 17.4. The maximum atomic E-state index is 13.5. The molecule has 1 unspecified atom stereocenters. The van der Waals surface area contributed by atoms with Crippen LogP contribution in [0.3, 0.4) is 0 Å². The van der Waals surface area contributed by atoms with Gasteiger partial charge in [0.05, 0.1) is 22.5 Å². The summed E-state index contributed by atoms with van der Waals surface area (Å²) >= 11 is 1.04. The average Bonchev–Trinajstić information content (AvgIpc) is 3.57. The van der Waals surface area contributed by atoms with Crippen molar-refractivity contribution >= 4 is 22.9 Å². The topological polar surface area (TPSA) is 101 Å². The third-order valence-electron chi connectivity index (χ3n) is 4.89. The second-order valence-electron chi connectivity index (χ2n) is 7.04. The Hall–Kier alpha value is -4.06. The van der Waals surface area contributed by atoms with Gasteiger partial charge >= 0.3 is 6.18 Å². The lowest BCUT2D eigenvalue weighted by Gasteiger charge is -2.20. The van der Waals surface area contributed by atoms with E-state index in [-0.39, 0.29) is 10.6 Å². The minimum Gasteiger partial charge on any atom is -0.335 e. The number of hydrogen-bond acceptors (Lipinski definition) is 6. The van der Waals surface area contributed by atoms with Crippen molar-refractivity contribution in [3.05, 3.63) is 77.3 Å². The van der Waals surface area contributed by atoms with E-state index in [1.165, 1.54) is 30.5 Å². The Kier molecular flexibility index (Phi) is 5.13. The Morgan fingerprint density at radius 2 is 2.00 bits per heavy atom. The van der Waals surface area contributed by atoms with Crippen LogP contribution in [0.5, 0.6) is 0 Å². The molecule has 5 rings (SSSR count). The molecule has 33 heavy (non-hydrogen) atoms. The van der Waals surface area contributed by atoms with E-state index >= 15 is 0 Å². The molecule has 0 aliphatic carbocycles. The van der Waals surface area contributed by atoms with Crippen molar-refractivity contribution in [3.8, 4) is 22.4 Å². The van der Waals surface area contributed by atoms with E-state index in [1.807, 2.05) is 5.32 Å². The van der Waals surface area contributed by atoms with Crippen molar-refractivity contribution in [2.24, 2.45) is 0 Å². The number of amides is 1. The lowest BCUT2D eigenvalue weighted by molar-refractivity contribution is -0.156. The Morgan fingerprint density at radius 3 is 2.73 bits per heavy atom. The van der Waals surface area contributed by atoms with Gasteiger partial charge in [0.1, 0.15) is 0 Å². The van der Waals surface area contributed by atoms with Gasteiger partial charge in [-0.05, 0) is 35.2 Å². The van der Waals surface area contributed by atoms with Crippen LogP contribution in [0.15, 0.2) is 66.7 Å². The van der Waals surface area contributed by atoms with E-state index in [1.54, 1.807) is 40.7 Å². The van der Waals surface area contributed by atoms with Crippen LogP contribution in [0, 0.1) is 0 Å². The van der Waals surface area contributed by atoms with Crippen molar-refractivity contribution in [1.82, 2.24) is 35.1 Å². The summed E-state index contributed by atoms with van der Waals surface area (Å²) < 4.78 is 42.2. The number of aromatic amines is 1. The van der Waals surface area contributed by atoms with E-state index < -0.39 is 18.1 Å². The molecule has 5 aromatic rings. The minimum absolute atomic E-state index is 0.128. The van der Waals surface area contributed by atoms with Crippen LogP contribution in [0.4, 0.5) is 13.2 Å². The number of thiophene rings is 1. The first-order valence-corrected chi connectivity index (χ1v) is 10.5. The van der Waals surface area contributed by atoms with Gasteiger partial charge in [-0.2, -0.15) is 23.4 Å². The molecule has 1 atom stereocenters. The SMILES string of the molecule is O=C(NC(c1ccccn1)C(F)(F)F)c1cc(-c2cnn3cc(-c4ccn[nH]4)cnc23)cs1. The number of fused-ring (bicyclic) bond motifs is 1. The van der Waals surface area contributed by atoms with E-state index in [4.69, 9.17) is 0 Å². The molecule has 0 aromatic carbocycles. The molecule has 5 aromatic heterocycles. The highest BCUT2D eigenvalue weighted by Gasteiger charge is 2.43. The number of pyridine rings is 1. The Bertz CT molecular complexity index is 1410. The third kappa shape index (κ3) is 4.07. The molecular weight excluding hydrogens is 455 g/mol. The first kappa shape index (κ1) is 20.8. The maximum absolute atomic E-state index is 13.5. The first-order chi connectivity index (χ1) is 15.9. The molecule has 1 amide bonds. The highest BCUT2D eigenvalue weighted by Crippen LogP contribution is 2.33. The van der Waals surface area contributed by atoms with E-state index in [9.17, 15) is 18.0 Å². The van der Waals surface area contributed by atoms with Crippen LogP contribution in [-0.4, -0.2) is 41.9 Å². The number of carbonyl (C=O) groups excluding carboxylic acids is 1. The largest absolute Gasteiger partial charge is 0.414 e. The van der Waals surface area contributed by atoms with Gasteiger partial charge in [-0.25, -0.2) is 9.50 Å². The summed E-state index contributed by atoms with van der Waals surface area (Å²) in [5.41, 5.74) is 3.11. The molecule has 0 saturated carbocycles. The minimum atomic E-state index is -4.69. The first-order valence-electron chi connectivity index (χ1n) is 9.61. The second-order valence-corrected chi connectivity index (χ2v) is 7.95. The normalized spacial score (nSPS) is 12.7. The molecule has 12 heteroatoms. The fourth-order valence-corrected chi connectivity index (χ4v) is 4.11. The van der Waals surface area contributed by atoms with Crippen LogP contribution in [-0.2, 0) is 0 Å². The van der Waals surface area contributed by atoms with E-state index in [0.29, 0.717) is 16.8 Å². The number of H-pyrrole nitrogens is 1. The van der Waals surface area contributed by atoms with Crippen molar-refractivity contribution in [1.29, 1.82) is 0 Å². The lowest BCUT2D eigenvalue weighted by atomic mass is 10.1. The smallest absolute Gasteiger partial charge is 0.335 e. The molecule has 8 nitrogen and oxygen atoms in total. The van der Waals surface area contributed by atoms with Crippen LogP contribution in [0.1, 0.15) is 21.4 Å². The number of halogens is 3. The summed E-state index contributed by atoms with van der Waals surface area (Å²) in [6.07, 6.45) is 3.22. The number of carbonyl (C=O) groups is 1. The summed E-state index contributed by atoms with van der Waals surface area (Å²) in [5, 5.41) is 14.8. The molecule has 0 aliphatic rings. The third-order valence-corrected chi connectivity index (χ3v) is 5.82. The molecular formula is C21H14F3N7OS. The Morgan fingerprint density at radius 1 is 1.12 bits per heavy atom. The van der Waals surface area contributed by atoms with E-state index in [0.717, 1.165) is 22.6 Å². The van der Waals surface area contributed by atoms with Crippen LogP contribution >= 0.6 is 11.3 Å². The van der Waals surface area contributed by atoms with Gasteiger partial charge in [0, 0.05) is 35.9 Å². The van der Waals surface area contributed by atoms with Gasteiger partial charge in [0.15, 0.2) is 11.7 Å². The maximum Gasteiger partial charge on any atom is 0.414 e. The molecule has 0 spiro atoms. The number of nitrogens with one attached hydrogen (secondary N) is 2. The highest BCUT2D eigenvalue weighted by molar-refractivity contribution is 7.12. The van der Waals surface area contributed by atoms with E-state index in [2.05, 4.69) is 25.3 Å². The monoisotopic (exact) mass is 469 g/mol. The van der Waals surface area contributed by atoms with Crippen LogP contribution in [0.25, 0.3) is 28.0 Å². The molecule has 2 N–H and O–H groups in total. The average molecular weight is 469 g/mol. The van der Waals surface area contributed by atoms with Crippen LogP contribution < -0.4 is 5.32 Å². The van der Waals surface area contributed by atoms with Gasteiger partial charge in [0.2, 0.25) is 0 Å².